The molecule has 50 heavy (non-hydrogen) atoms. The predicted molar refractivity (Wildman–Crippen MR) is 187 cm³/mol. The first-order valence-electron chi connectivity index (χ1n) is 17.4. The Morgan fingerprint density at radius 3 is 1.72 bits per heavy atom. The second kappa shape index (κ2) is 24.7. The van der Waals surface area contributed by atoms with Gasteiger partial charge in [-0.1, -0.05) is 6.08 Å². The predicted octanol–water partition coefficient (Wildman–Crippen LogP) is 1.91. The van der Waals surface area contributed by atoms with Crippen LogP contribution in [0.2, 0.25) is 0 Å². The molecule has 2 unspecified atom stereocenters. The Labute approximate surface area is 295 Å². The number of allylic oxidation sites excluding steroid dienone is 3. The zero-order chi connectivity index (χ0) is 35.8. The fourth-order valence-electron chi connectivity index (χ4n) is 5.28. The maximum absolute atomic E-state index is 13.4. The molecule has 0 fully saturated rings. The third-order valence-corrected chi connectivity index (χ3v) is 7.90. The number of hydrogen-bond donors (Lipinski definition) is 4. The lowest BCUT2D eigenvalue weighted by Crippen LogP contribution is -2.37. The summed E-state index contributed by atoms with van der Waals surface area (Å²) in [6.45, 7) is 7.96. The van der Waals surface area contributed by atoms with Crippen LogP contribution < -0.4 is 21.3 Å². The van der Waals surface area contributed by atoms with Crippen LogP contribution in [0.25, 0.3) is 0 Å². The van der Waals surface area contributed by atoms with Gasteiger partial charge in [0.05, 0.1) is 64.7 Å². The minimum absolute atomic E-state index is 0.188. The van der Waals surface area contributed by atoms with E-state index in [1.165, 1.54) is 0 Å². The van der Waals surface area contributed by atoms with Crippen molar-refractivity contribution in [2.24, 2.45) is 11.8 Å². The van der Waals surface area contributed by atoms with Gasteiger partial charge < -0.3 is 49.7 Å². The standard InChI is InChI=1S/C36H54N4O10/c1-45-17-19-49-23-21-47-15-3-11-37-13-9-33(41)39-27-5-7-29-31(25-27)35(43)30-8-6-28(26-32(30)36(29)44)40-34(42)10-14-38-12-4-16-48-22-24-50-20-18-46-2/h5-8,25-26,29,31,37-38H,3-4,9-24H2,1-2H3,(H,39,41)(H,40,42). The molecule has 14 heteroatoms. The summed E-state index contributed by atoms with van der Waals surface area (Å²) in [6, 6.07) is 4.79. The van der Waals surface area contributed by atoms with Gasteiger partial charge in [0.15, 0.2) is 11.6 Å². The average molecular weight is 703 g/mol. The van der Waals surface area contributed by atoms with Gasteiger partial charge in [0.2, 0.25) is 11.8 Å². The van der Waals surface area contributed by atoms with Gasteiger partial charge in [0, 0.05) is 75.9 Å². The summed E-state index contributed by atoms with van der Waals surface area (Å²) in [5.74, 6) is -2.16. The molecule has 0 radical (unpaired) electrons. The molecule has 278 valence electrons. The van der Waals surface area contributed by atoms with E-state index in [0.717, 1.165) is 12.8 Å². The Morgan fingerprint density at radius 2 is 1.14 bits per heavy atom. The number of rotatable bonds is 28. The van der Waals surface area contributed by atoms with Gasteiger partial charge in [-0.15, -0.1) is 0 Å². The maximum Gasteiger partial charge on any atom is 0.225 e. The molecule has 1 aromatic carbocycles. The molecule has 1 aromatic rings. The monoisotopic (exact) mass is 702 g/mol. The number of amides is 2. The molecular formula is C36H54N4O10. The summed E-state index contributed by atoms with van der Waals surface area (Å²) in [4.78, 5) is 51.9. The zero-order valence-corrected chi connectivity index (χ0v) is 29.4. The summed E-state index contributed by atoms with van der Waals surface area (Å²) in [5, 5.41) is 12.1. The lowest BCUT2D eigenvalue weighted by molar-refractivity contribution is -0.120. The van der Waals surface area contributed by atoms with Crippen LogP contribution in [-0.2, 0) is 38.0 Å². The molecule has 14 nitrogen and oxygen atoms in total. The van der Waals surface area contributed by atoms with E-state index in [2.05, 4.69) is 21.3 Å². The molecule has 0 bridgehead atoms. The van der Waals surface area contributed by atoms with Crippen LogP contribution >= 0.6 is 0 Å². The van der Waals surface area contributed by atoms with Gasteiger partial charge in [0.25, 0.3) is 0 Å². The van der Waals surface area contributed by atoms with Crippen molar-refractivity contribution in [3.8, 4) is 0 Å². The molecule has 0 aromatic heterocycles. The molecule has 0 saturated carbocycles. The van der Waals surface area contributed by atoms with Crippen molar-refractivity contribution in [1.82, 2.24) is 16.0 Å². The number of carbonyl (C=O) groups excluding carboxylic acids is 4. The highest BCUT2D eigenvalue weighted by atomic mass is 16.5. The smallest absolute Gasteiger partial charge is 0.225 e. The van der Waals surface area contributed by atoms with Crippen LogP contribution in [0.5, 0.6) is 0 Å². The van der Waals surface area contributed by atoms with Crippen LogP contribution in [0, 0.1) is 11.8 Å². The number of ether oxygens (including phenoxy) is 6. The summed E-state index contributed by atoms with van der Waals surface area (Å²) < 4.78 is 31.5. The minimum atomic E-state index is -0.704. The molecule has 2 amide bonds. The quantitative estimate of drug-likeness (QED) is 0.0937. The van der Waals surface area contributed by atoms with E-state index >= 15 is 0 Å². The highest BCUT2D eigenvalue weighted by molar-refractivity contribution is 6.18. The molecule has 2 aliphatic carbocycles. The highest BCUT2D eigenvalue weighted by Crippen LogP contribution is 2.36. The molecule has 0 saturated heterocycles. The first kappa shape index (κ1) is 41.1. The number of nitrogens with one attached hydrogen (secondary N) is 4. The van der Waals surface area contributed by atoms with Gasteiger partial charge >= 0.3 is 0 Å². The molecule has 0 heterocycles. The fourth-order valence-corrected chi connectivity index (χ4v) is 5.28. The Bertz CT molecular complexity index is 1270. The highest BCUT2D eigenvalue weighted by Gasteiger charge is 2.40. The first-order valence-corrected chi connectivity index (χ1v) is 17.4. The maximum atomic E-state index is 13.4. The van der Waals surface area contributed by atoms with E-state index in [1.807, 2.05) is 0 Å². The number of anilines is 1. The molecule has 0 spiro atoms. The molecule has 2 aliphatic rings. The van der Waals surface area contributed by atoms with Gasteiger partial charge in [-0.05, 0) is 56.3 Å². The summed E-state index contributed by atoms with van der Waals surface area (Å²) >= 11 is 0. The minimum Gasteiger partial charge on any atom is -0.382 e. The van der Waals surface area contributed by atoms with Gasteiger partial charge in [-0.25, -0.2) is 0 Å². The van der Waals surface area contributed by atoms with Crippen LogP contribution in [0.15, 0.2) is 42.1 Å². The van der Waals surface area contributed by atoms with Crippen molar-refractivity contribution in [3.63, 3.8) is 0 Å². The molecule has 3 rings (SSSR count). The molecule has 0 aliphatic heterocycles. The number of hydrogen-bond acceptors (Lipinski definition) is 12. The van der Waals surface area contributed by atoms with Gasteiger partial charge in [-0.2, -0.15) is 0 Å². The Hall–Kier alpha value is -3.34. The summed E-state index contributed by atoms with van der Waals surface area (Å²) in [6.07, 6.45) is 7.12. The number of Topliss-reactive ketones (excluding diaryl/α,β-unsaturated/α-hetero) is 2. The Kier molecular flexibility index (Phi) is 20.3. The van der Waals surface area contributed by atoms with Gasteiger partial charge in [0.1, 0.15) is 0 Å². The zero-order valence-electron chi connectivity index (χ0n) is 29.4. The molecule has 2 atom stereocenters. The lowest BCUT2D eigenvalue weighted by atomic mass is 9.72. The van der Waals surface area contributed by atoms with Crippen molar-refractivity contribution in [3.05, 3.63) is 53.3 Å². The number of carbonyl (C=O) groups is 4. The van der Waals surface area contributed by atoms with Crippen molar-refractivity contribution >= 4 is 29.1 Å². The summed E-state index contributed by atoms with van der Waals surface area (Å²) in [7, 11) is 3.26. The first-order chi connectivity index (χ1) is 24.4. The SMILES string of the molecule is COCCOCCOCCCNCCC(=O)NC1=CC2C(=O)c3ccc(NC(=O)CCNCCCOCCOCCOC)cc3C(=O)C2C=C1. The number of ketones is 2. The van der Waals surface area contributed by atoms with E-state index in [1.54, 1.807) is 50.6 Å². The van der Waals surface area contributed by atoms with E-state index in [-0.39, 0.29) is 41.8 Å². The Balaban J connectivity index is 1.32. The van der Waals surface area contributed by atoms with Crippen LogP contribution in [-0.4, -0.2) is 130 Å². The van der Waals surface area contributed by atoms with E-state index in [0.29, 0.717) is 109 Å². The average Bonchev–Trinajstić information content (AvgIpc) is 3.11. The van der Waals surface area contributed by atoms with E-state index in [4.69, 9.17) is 28.4 Å². The van der Waals surface area contributed by atoms with Crippen LogP contribution in [0.1, 0.15) is 46.4 Å². The Morgan fingerprint density at radius 1 is 0.620 bits per heavy atom. The van der Waals surface area contributed by atoms with Crippen LogP contribution in [0.4, 0.5) is 5.69 Å². The number of fused-ring (bicyclic) bond motifs is 2. The molecule has 4 N–H and O–H groups in total. The van der Waals surface area contributed by atoms with Crippen molar-refractivity contribution in [1.29, 1.82) is 0 Å². The van der Waals surface area contributed by atoms with Gasteiger partial charge in [-0.3, -0.25) is 19.2 Å². The third kappa shape index (κ3) is 15.3. The van der Waals surface area contributed by atoms with E-state index in [9.17, 15) is 19.2 Å². The second-order valence-corrected chi connectivity index (χ2v) is 11.8. The lowest BCUT2D eigenvalue weighted by Gasteiger charge is -2.30. The number of benzene rings is 1. The third-order valence-electron chi connectivity index (χ3n) is 7.90. The van der Waals surface area contributed by atoms with Crippen LogP contribution in [0.3, 0.4) is 0 Å². The van der Waals surface area contributed by atoms with E-state index < -0.39 is 11.8 Å². The van der Waals surface area contributed by atoms with Crippen molar-refractivity contribution in [2.45, 2.75) is 25.7 Å². The largest absolute Gasteiger partial charge is 0.382 e. The molecular weight excluding hydrogens is 648 g/mol. The summed E-state index contributed by atoms with van der Waals surface area (Å²) in [5.41, 5.74) is 1.55. The number of methoxy groups -OCH3 is 2. The van der Waals surface area contributed by atoms with Crippen molar-refractivity contribution in [2.75, 3.05) is 112 Å². The fraction of sp³-hybridized carbons (Fsp3) is 0.611. The topological polar surface area (TPSA) is 172 Å². The second-order valence-electron chi connectivity index (χ2n) is 11.8. The van der Waals surface area contributed by atoms with Crippen molar-refractivity contribution < 1.29 is 47.6 Å². The normalized spacial score (nSPS) is 16.6.